The number of aliphatic carboxylic acids is 1. The van der Waals surface area contributed by atoms with Crippen molar-refractivity contribution in [2.75, 3.05) is 6.54 Å². The molecule has 14 heteroatoms. The molecule has 10 N–H and O–H groups in total. The molecule has 0 aromatic carbocycles. The predicted octanol–water partition coefficient (Wildman–Crippen LogP) is -3.90. The van der Waals surface area contributed by atoms with Gasteiger partial charge >= 0.3 is 5.97 Å². The summed E-state index contributed by atoms with van der Waals surface area (Å²) in [5.41, 5.74) is 11.2. The topological polar surface area (TPSA) is 243 Å². The van der Waals surface area contributed by atoms with Gasteiger partial charge < -0.3 is 42.6 Å². The first-order valence-corrected chi connectivity index (χ1v) is 9.30. The first kappa shape index (κ1) is 25.5. The number of primary amides is 1. The van der Waals surface area contributed by atoms with Crippen molar-refractivity contribution in [1.29, 1.82) is 0 Å². The Balaban J connectivity index is 2.73. The van der Waals surface area contributed by atoms with Crippen molar-refractivity contribution < 1.29 is 34.2 Å². The van der Waals surface area contributed by atoms with Crippen LogP contribution in [-0.4, -0.2) is 80.6 Å². The number of H-pyrrole nitrogens is 1. The van der Waals surface area contributed by atoms with Gasteiger partial charge in [0.1, 0.15) is 6.04 Å². The van der Waals surface area contributed by atoms with Gasteiger partial charge in [-0.05, 0) is 13.3 Å². The fraction of sp³-hybridized carbons (Fsp3) is 0.529. The summed E-state index contributed by atoms with van der Waals surface area (Å²) in [4.78, 5) is 65.2. The molecule has 1 heterocycles. The average Bonchev–Trinajstić information content (AvgIpc) is 3.20. The van der Waals surface area contributed by atoms with Crippen LogP contribution in [0.4, 0.5) is 0 Å². The van der Waals surface area contributed by atoms with E-state index in [1.54, 1.807) is 0 Å². The van der Waals surface area contributed by atoms with Gasteiger partial charge in [-0.25, -0.2) is 9.78 Å². The zero-order valence-corrected chi connectivity index (χ0v) is 16.8. The van der Waals surface area contributed by atoms with Crippen LogP contribution in [0.15, 0.2) is 12.5 Å². The van der Waals surface area contributed by atoms with Gasteiger partial charge in [-0.15, -0.1) is 0 Å². The summed E-state index contributed by atoms with van der Waals surface area (Å²) in [6.07, 6.45) is 1.32. The van der Waals surface area contributed by atoms with Gasteiger partial charge in [0.05, 0.1) is 25.0 Å². The Morgan fingerprint density at radius 1 is 1.19 bits per heavy atom. The highest BCUT2D eigenvalue weighted by atomic mass is 16.4. The summed E-state index contributed by atoms with van der Waals surface area (Å²) in [6, 6.07) is -3.78. The minimum Gasteiger partial charge on any atom is -0.480 e. The van der Waals surface area contributed by atoms with Crippen LogP contribution in [0.3, 0.4) is 0 Å². The van der Waals surface area contributed by atoms with E-state index in [2.05, 4.69) is 25.9 Å². The van der Waals surface area contributed by atoms with Crippen molar-refractivity contribution in [3.05, 3.63) is 18.2 Å². The van der Waals surface area contributed by atoms with Crippen LogP contribution in [0.25, 0.3) is 0 Å². The summed E-state index contributed by atoms with van der Waals surface area (Å²) in [5, 5.41) is 25.2. The second kappa shape index (κ2) is 12.2. The number of aliphatic hydroxyl groups is 1. The number of carboxylic acids is 1. The molecule has 0 aliphatic carbocycles. The van der Waals surface area contributed by atoms with Crippen molar-refractivity contribution in [1.82, 2.24) is 25.9 Å². The van der Waals surface area contributed by atoms with Crippen LogP contribution in [0.2, 0.25) is 0 Å². The number of nitrogens with two attached hydrogens (primary N) is 2. The number of aromatic amines is 1. The third kappa shape index (κ3) is 9.22. The Labute approximate surface area is 177 Å². The van der Waals surface area contributed by atoms with Gasteiger partial charge in [0.2, 0.25) is 23.6 Å². The Morgan fingerprint density at radius 2 is 1.87 bits per heavy atom. The van der Waals surface area contributed by atoms with E-state index in [1.807, 2.05) is 0 Å². The molecule has 0 saturated heterocycles. The molecule has 0 spiro atoms. The number of nitrogens with zero attached hydrogens (tertiary/aromatic N) is 1. The minimum absolute atomic E-state index is 0.00679. The maximum atomic E-state index is 12.5. The molecule has 0 fully saturated rings. The fourth-order valence-corrected chi connectivity index (χ4v) is 2.44. The van der Waals surface area contributed by atoms with Crippen LogP contribution in [-0.2, 0) is 30.4 Å². The van der Waals surface area contributed by atoms with Gasteiger partial charge in [0.25, 0.3) is 0 Å². The molecule has 0 bridgehead atoms. The van der Waals surface area contributed by atoms with E-state index in [0.29, 0.717) is 5.69 Å². The van der Waals surface area contributed by atoms with Crippen molar-refractivity contribution >= 4 is 29.6 Å². The lowest BCUT2D eigenvalue weighted by Gasteiger charge is -2.21. The van der Waals surface area contributed by atoms with Crippen LogP contribution in [0, 0.1) is 0 Å². The van der Waals surface area contributed by atoms with Crippen molar-refractivity contribution in [2.24, 2.45) is 11.5 Å². The molecule has 0 saturated carbocycles. The zero-order chi connectivity index (χ0) is 23.6. The van der Waals surface area contributed by atoms with Crippen molar-refractivity contribution in [3.63, 3.8) is 0 Å². The molecule has 14 nitrogen and oxygen atoms in total. The monoisotopic (exact) mass is 441 g/mol. The highest BCUT2D eigenvalue weighted by molar-refractivity contribution is 5.93. The highest BCUT2D eigenvalue weighted by Crippen LogP contribution is 2.01. The van der Waals surface area contributed by atoms with Crippen LogP contribution >= 0.6 is 0 Å². The number of hydrogen-bond acceptors (Lipinski definition) is 8. The summed E-state index contributed by atoms with van der Waals surface area (Å²) in [7, 11) is 0. The summed E-state index contributed by atoms with van der Waals surface area (Å²) in [6.45, 7) is 0.591. The van der Waals surface area contributed by atoms with Crippen LogP contribution in [0.1, 0.15) is 25.5 Å². The molecule has 172 valence electrons. The molecule has 0 aliphatic rings. The highest BCUT2D eigenvalue weighted by Gasteiger charge is 2.27. The minimum atomic E-state index is -1.55. The SMILES string of the molecule is CC(O)C(NC(=O)CNC(=O)C(Cc1cnc[nH]1)NC(=O)C(N)CCC(N)=O)C(=O)O. The average molecular weight is 441 g/mol. The van der Waals surface area contributed by atoms with E-state index in [4.69, 9.17) is 16.6 Å². The molecule has 4 atom stereocenters. The maximum Gasteiger partial charge on any atom is 0.328 e. The molecule has 31 heavy (non-hydrogen) atoms. The van der Waals surface area contributed by atoms with Gasteiger partial charge in [0.15, 0.2) is 6.04 Å². The van der Waals surface area contributed by atoms with Crippen LogP contribution in [0.5, 0.6) is 0 Å². The number of carbonyl (C=O) groups excluding carboxylic acids is 4. The van der Waals surface area contributed by atoms with Crippen molar-refractivity contribution in [2.45, 2.75) is 50.4 Å². The van der Waals surface area contributed by atoms with Crippen molar-refractivity contribution in [3.8, 4) is 0 Å². The number of hydrogen-bond donors (Lipinski definition) is 8. The number of amides is 4. The van der Waals surface area contributed by atoms with Crippen LogP contribution < -0.4 is 27.4 Å². The summed E-state index contributed by atoms with van der Waals surface area (Å²) in [5.74, 6) is -4.37. The first-order chi connectivity index (χ1) is 14.5. The Hall–Kier alpha value is -3.52. The van der Waals surface area contributed by atoms with E-state index in [9.17, 15) is 29.1 Å². The maximum absolute atomic E-state index is 12.5. The quantitative estimate of drug-likeness (QED) is 0.149. The molecule has 4 amide bonds. The lowest BCUT2D eigenvalue weighted by Crippen LogP contribution is -2.55. The second-order valence-electron chi connectivity index (χ2n) is 6.80. The molecular formula is C17H27N7O7. The molecule has 0 aliphatic heterocycles. The first-order valence-electron chi connectivity index (χ1n) is 9.30. The number of carbonyl (C=O) groups is 5. The lowest BCUT2D eigenvalue weighted by atomic mass is 10.1. The summed E-state index contributed by atoms with van der Waals surface area (Å²) < 4.78 is 0. The van der Waals surface area contributed by atoms with Gasteiger partial charge in [0, 0.05) is 24.7 Å². The Morgan fingerprint density at radius 3 is 2.39 bits per heavy atom. The third-order valence-electron chi connectivity index (χ3n) is 4.14. The zero-order valence-electron chi connectivity index (χ0n) is 16.8. The molecule has 1 rings (SSSR count). The molecule has 1 aromatic heterocycles. The molecule has 4 unspecified atom stereocenters. The van der Waals surface area contributed by atoms with Gasteiger partial charge in [-0.1, -0.05) is 0 Å². The third-order valence-corrected chi connectivity index (χ3v) is 4.14. The number of nitrogens with one attached hydrogen (secondary N) is 4. The lowest BCUT2D eigenvalue weighted by molar-refractivity contribution is -0.144. The Bertz CT molecular complexity index is 782. The normalized spacial score (nSPS) is 14.5. The summed E-state index contributed by atoms with van der Waals surface area (Å²) >= 11 is 0. The number of aliphatic hydroxyl groups excluding tert-OH is 1. The Kier molecular flexibility index (Phi) is 10.1. The van der Waals surface area contributed by atoms with E-state index >= 15 is 0 Å². The van der Waals surface area contributed by atoms with E-state index in [0.717, 1.165) is 0 Å². The smallest absolute Gasteiger partial charge is 0.328 e. The van der Waals surface area contributed by atoms with E-state index in [1.165, 1.54) is 19.4 Å². The predicted molar refractivity (Wildman–Crippen MR) is 105 cm³/mol. The standard InChI is InChI=1S/C17H27N7O7/c1-8(25)14(17(30)31)24-13(27)6-21-16(29)11(4-9-5-20-7-22-9)23-15(28)10(18)2-3-12(19)26/h5,7-8,10-11,14,25H,2-4,6,18H2,1H3,(H2,19,26)(H,20,22)(H,21,29)(H,23,28)(H,24,27)(H,30,31). The van der Waals surface area contributed by atoms with E-state index < -0.39 is 60.4 Å². The van der Waals surface area contributed by atoms with Gasteiger partial charge in [-0.3, -0.25) is 19.2 Å². The number of rotatable bonds is 13. The molecule has 1 aromatic rings. The largest absolute Gasteiger partial charge is 0.480 e. The molecule has 0 radical (unpaired) electrons. The number of aromatic nitrogens is 2. The van der Waals surface area contributed by atoms with E-state index in [-0.39, 0.29) is 19.3 Å². The number of carboxylic acid groups (broad SMARTS) is 1. The number of imidazole rings is 1. The van der Waals surface area contributed by atoms with Gasteiger partial charge in [-0.2, -0.15) is 0 Å². The fourth-order valence-electron chi connectivity index (χ4n) is 2.44. The molecular weight excluding hydrogens is 414 g/mol. The second-order valence-corrected chi connectivity index (χ2v) is 6.80.